The van der Waals surface area contributed by atoms with Crippen molar-refractivity contribution in [1.29, 1.82) is 0 Å². The van der Waals surface area contributed by atoms with Gasteiger partial charge in [0.1, 0.15) is 0 Å². The Morgan fingerprint density at radius 3 is 2.56 bits per heavy atom. The highest BCUT2D eigenvalue weighted by atomic mass is 16.1. The van der Waals surface area contributed by atoms with Gasteiger partial charge in [0.15, 0.2) is 0 Å². The minimum atomic E-state index is -0.193. The van der Waals surface area contributed by atoms with Crippen LogP contribution in [0.4, 0.5) is 0 Å². The van der Waals surface area contributed by atoms with E-state index in [4.69, 9.17) is 5.73 Å². The molecule has 0 aliphatic heterocycles. The molecule has 0 heterocycles. The number of fused-ring (bicyclic) bond motifs is 1. The molecule has 0 spiro atoms. The van der Waals surface area contributed by atoms with Crippen molar-refractivity contribution in [2.45, 2.75) is 6.42 Å². The van der Waals surface area contributed by atoms with Gasteiger partial charge in [0.2, 0.25) is 6.29 Å². The van der Waals surface area contributed by atoms with Crippen LogP contribution < -0.4 is 5.73 Å². The summed E-state index contributed by atoms with van der Waals surface area (Å²) >= 11 is 0. The molecular weight excluding hydrogens is 198 g/mol. The van der Waals surface area contributed by atoms with Crippen LogP contribution in [0.25, 0.3) is 10.8 Å². The Morgan fingerprint density at radius 2 is 1.88 bits per heavy atom. The molecule has 1 unspecified atom stereocenters. The van der Waals surface area contributed by atoms with Crippen LogP contribution in [0.1, 0.15) is 5.56 Å². The molecule has 2 aromatic rings. The quantitative estimate of drug-likeness (QED) is 0.843. The maximum Gasteiger partial charge on any atom is 0.203 e. The Balaban J connectivity index is 2.28. The maximum atomic E-state index is 10.6. The van der Waals surface area contributed by atoms with Gasteiger partial charge in [0.05, 0.1) is 0 Å². The van der Waals surface area contributed by atoms with Gasteiger partial charge in [-0.15, -0.1) is 0 Å². The third-order valence-electron chi connectivity index (χ3n) is 2.75. The molecule has 0 saturated heterocycles. The van der Waals surface area contributed by atoms with Crippen molar-refractivity contribution in [2.75, 3.05) is 6.54 Å². The lowest BCUT2D eigenvalue weighted by molar-refractivity contribution is 0.520. The highest BCUT2D eigenvalue weighted by molar-refractivity contribution is 5.83. The molecule has 0 amide bonds. The second-order valence-electron chi connectivity index (χ2n) is 3.94. The second kappa shape index (κ2) is 4.90. The van der Waals surface area contributed by atoms with Crippen LogP contribution in [-0.4, -0.2) is 12.8 Å². The van der Waals surface area contributed by atoms with Crippen molar-refractivity contribution in [2.24, 2.45) is 11.7 Å². The topological polar surface area (TPSA) is 43.1 Å². The van der Waals surface area contributed by atoms with E-state index in [1.54, 1.807) is 0 Å². The van der Waals surface area contributed by atoms with E-state index in [2.05, 4.69) is 24.3 Å². The fourth-order valence-corrected chi connectivity index (χ4v) is 1.82. The van der Waals surface area contributed by atoms with E-state index in [0.29, 0.717) is 13.0 Å². The second-order valence-corrected chi connectivity index (χ2v) is 3.94. The minimum absolute atomic E-state index is 0.193. The molecule has 0 saturated carbocycles. The van der Waals surface area contributed by atoms with E-state index in [-0.39, 0.29) is 5.92 Å². The number of hydrogen-bond donors (Lipinski definition) is 1. The lowest BCUT2D eigenvalue weighted by Crippen LogP contribution is -2.17. The number of rotatable bonds is 4. The molecule has 2 nitrogen and oxygen atoms in total. The van der Waals surface area contributed by atoms with Crippen molar-refractivity contribution >= 4 is 17.1 Å². The summed E-state index contributed by atoms with van der Waals surface area (Å²) in [7, 11) is 0. The fraction of sp³-hybridized carbons (Fsp3) is 0.214. The zero-order valence-corrected chi connectivity index (χ0v) is 9.02. The van der Waals surface area contributed by atoms with Crippen LogP contribution in [0.5, 0.6) is 0 Å². The number of nitrogens with two attached hydrogens (primary N) is 1. The predicted octanol–water partition coefficient (Wildman–Crippen LogP) is 2.07. The third-order valence-corrected chi connectivity index (χ3v) is 2.75. The molecule has 2 heteroatoms. The molecular formula is C14H14NO. The van der Waals surface area contributed by atoms with Gasteiger partial charge in [-0.1, -0.05) is 42.5 Å². The first-order chi connectivity index (χ1) is 7.83. The molecule has 2 aromatic carbocycles. The SMILES string of the molecule is NCC([C]=O)Cc1ccc2ccccc2c1. The fourth-order valence-electron chi connectivity index (χ4n) is 1.82. The van der Waals surface area contributed by atoms with Gasteiger partial charge in [-0.3, -0.25) is 4.79 Å². The summed E-state index contributed by atoms with van der Waals surface area (Å²) in [4.78, 5) is 10.6. The molecule has 0 aliphatic carbocycles. The Kier molecular flexibility index (Phi) is 3.32. The van der Waals surface area contributed by atoms with Crippen LogP contribution in [-0.2, 0) is 11.2 Å². The molecule has 0 fully saturated rings. The van der Waals surface area contributed by atoms with Gasteiger partial charge in [-0.25, -0.2) is 0 Å². The van der Waals surface area contributed by atoms with E-state index in [9.17, 15) is 4.79 Å². The van der Waals surface area contributed by atoms with E-state index in [1.165, 1.54) is 10.8 Å². The Morgan fingerprint density at radius 1 is 1.12 bits per heavy atom. The van der Waals surface area contributed by atoms with Crippen molar-refractivity contribution in [3.05, 3.63) is 48.0 Å². The van der Waals surface area contributed by atoms with Crippen molar-refractivity contribution in [1.82, 2.24) is 0 Å². The lowest BCUT2D eigenvalue weighted by Gasteiger charge is -2.07. The standard InChI is InChI=1S/C14H14NO/c15-9-12(10-16)7-11-5-6-13-3-1-2-4-14(13)8-11/h1-6,8,12H,7,9,15H2. The molecule has 0 bridgehead atoms. The van der Waals surface area contributed by atoms with Gasteiger partial charge in [-0.05, 0) is 22.8 Å². The summed E-state index contributed by atoms with van der Waals surface area (Å²) in [6.45, 7) is 0.357. The first kappa shape index (κ1) is 10.8. The Bertz CT molecular complexity index is 493. The van der Waals surface area contributed by atoms with E-state index < -0.39 is 0 Å². The molecule has 1 radical (unpaired) electrons. The largest absolute Gasteiger partial charge is 0.330 e. The number of carbonyl (C=O) groups excluding carboxylic acids is 1. The highest BCUT2D eigenvalue weighted by Crippen LogP contribution is 2.17. The average molecular weight is 212 g/mol. The van der Waals surface area contributed by atoms with Gasteiger partial charge < -0.3 is 5.73 Å². The van der Waals surface area contributed by atoms with Crippen LogP contribution >= 0.6 is 0 Å². The highest BCUT2D eigenvalue weighted by Gasteiger charge is 2.07. The first-order valence-electron chi connectivity index (χ1n) is 5.39. The maximum absolute atomic E-state index is 10.6. The lowest BCUT2D eigenvalue weighted by atomic mass is 9.98. The monoisotopic (exact) mass is 212 g/mol. The third kappa shape index (κ3) is 2.28. The van der Waals surface area contributed by atoms with Crippen LogP contribution in [0.15, 0.2) is 42.5 Å². The summed E-state index contributed by atoms with van der Waals surface area (Å²) in [5, 5.41) is 2.41. The summed E-state index contributed by atoms with van der Waals surface area (Å²) in [6.07, 6.45) is 2.64. The van der Waals surface area contributed by atoms with Gasteiger partial charge in [-0.2, -0.15) is 0 Å². The number of hydrogen-bond acceptors (Lipinski definition) is 2. The van der Waals surface area contributed by atoms with Crippen LogP contribution in [0, 0.1) is 5.92 Å². The molecule has 0 aromatic heterocycles. The zero-order valence-electron chi connectivity index (χ0n) is 9.02. The molecule has 1 atom stereocenters. The molecule has 2 N–H and O–H groups in total. The summed E-state index contributed by atoms with van der Waals surface area (Å²) in [5.74, 6) is -0.193. The smallest absolute Gasteiger partial charge is 0.203 e. The molecule has 0 aliphatic rings. The van der Waals surface area contributed by atoms with E-state index in [0.717, 1.165) is 5.56 Å². The van der Waals surface area contributed by atoms with Gasteiger partial charge >= 0.3 is 0 Å². The normalized spacial score (nSPS) is 12.6. The van der Waals surface area contributed by atoms with Crippen molar-refractivity contribution in [3.8, 4) is 0 Å². The van der Waals surface area contributed by atoms with Crippen LogP contribution in [0.2, 0.25) is 0 Å². The molecule has 81 valence electrons. The summed E-state index contributed by atoms with van der Waals surface area (Å²) < 4.78 is 0. The van der Waals surface area contributed by atoms with Gasteiger partial charge in [0, 0.05) is 12.5 Å². The molecule has 16 heavy (non-hydrogen) atoms. The van der Waals surface area contributed by atoms with E-state index in [1.807, 2.05) is 24.5 Å². The Hall–Kier alpha value is -1.67. The Labute approximate surface area is 95.1 Å². The van der Waals surface area contributed by atoms with Gasteiger partial charge in [0.25, 0.3) is 0 Å². The summed E-state index contributed by atoms with van der Waals surface area (Å²) in [6, 6.07) is 14.4. The first-order valence-corrected chi connectivity index (χ1v) is 5.39. The zero-order chi connectivity index (χ0) is 11.4. The number of benzene rings is 2. The molecule has 2 rings (SSSR count). The van der Waals surface area contributed by atoms with Crippen molar-refractivity contribution in [3.63, 3.8) is 0 Å². The van der Waals surface area contributed by atoms with Crippen molar-refractivity contribution < 1.29 is 4.79 Å². The van der Waals surface area contributed by atoms with Crippen LogP contribution in [0.3, 0.4) is 0 Å². The average Bonchev–Trinajstić information content (AvgIpc) is 2.35. The van der Waals surface area contributed by atoms with E-state index >= 15 is 0 Å². The minimum Gasteiger partial charge on any atom is -0.330 e. The predicted molar refractivity (Wildman–Crippen MR) is 65.9 cm³/mol. The summed E-state index contributed by atoms with van der Waals surface area (Å²) in [5.41, 5.74) is 6.62.